The summed E-state index contributed by atoms with van der Waals surface area (Å²) >= 11 is 3.81. The number of hydrogen-bond acceptors (Lipinski definition) is 2. The van der Waals surface area contributed by atoms with Gasteiger partial charge in [0.15, 0.2) is 0 Å². The predicted molar refractivity (Wildman–Crippen MR) is 75.4 cm³/mol. The maximum absolute atomic E-state index is 11.2. The SMILES string of the molecule is CP(C)(C)(Br)Cc1ccc(C(=O)NN)cc1. The fraction of sp³-hybridized carbons (Fsp3) is 0.364. The molecule has 0 spiro atoms. The second kappa shape index (κ2) is 4.44. The fourth-order valence-corrected chi connectivity index (χ4v) is 3.77. The van der Waals surface area contributed by atoms with Crippen molar-refractivity contribution in [3.05, 3.63) is 35.4 Å². The molecule has 90 valence electrons. The summed E-state index contributed by atoms with van der Waals surface area (Å²) in [6.45, 7) is 6.77. The average Bonchev–Trinajstić information content (AvgIpc) is 2.14. The molecule has 0 unspecified atom stereocenters. The van der Waals surface area contributed by atoms with Crippen molar-refractivity contribution in [2.45, 2.75) is 6.16 Å². The molecule has 0 aliphatic carbocycles. The first-order chi connectivity index (χ1) is 7.17. The van der Waals surface area contributed by atoms with Gasteiger partial charge in [-0.3, -0.25) is 0 Å². The van der Waals surface area contributed by atoms with Crippen LogP contribution in [0.2, 0.25) is 0 Å². The van der Waals surface area contributed by atoms with Crippen LogP contribution in [0.25, 0.3) is 0 Å². The predicted octanol–water partition coefficient (Wildman–Crippen LogP) is 2.54. The average molecular weight is 305 g/mol. The van der Waals surface area contributed by atoms with E-state index in [9.17, 15) is 4.79 Å². The third kappa shape index (κ3) is 4.60. The molecule has 0 aromatic heterocycles. The van der Waals surface area contributed by atoms with Crippen molar-refractivity contribution in [2.75, 3.05) is 20.0 Å². The van der Waals surface area contributed by atoms with E-state index in [4.69, 9.17) is 5.84 Å². The molecule has 0 fully saturated rings. The van der Waals surface area contributed by atoms with Crippen molar-refractivity contribution in [3.63, 3.8) is 0 Å². The zero-order valence-corrected chi connectivity index (χ0v) is 12.3. The summed E-state index contributed by atoms with van der Waals surface area (Å²) in [5.74, 6) is 4.81. The first-order valence-corrected chi connectivity index (χ1v) is 10.8. The number of nitrogen functional groups attached to an aromatic ring is 1. The minimum absolute atomic E-state index is 0.257. The summed E-state index contributed by atoms with van der Waals surface area (Å²) < 4.78 is 0. The maximum atomic E-state index is 11.2. The van der Waals surface area contributed by atoms with Crippen LogP contribution < -0.4 is 11.3 Å². The van der Waals surface area contributed by atoms with Gasteiger partial charge >= 0.3 is 104 Å². The molecule has 0 saturated heterocycles. The molecule has 3 N–H and O–H groups in total. The Morgan fingerprint density at radius 1 is 1.31 bits per heavy atom. The molecule has 1 aromatic rings. The molecular formula is C11H18BrN2OP. The Hall–Kier alpha value is -0.440. The quantitative estimate of drug-likeness (QED) is 0.390. The summed E-state index contributed by atoms with van der Waals surface area (Å²) in [5, 5.41) is -1.72. The zero-order valence-electron chi connectivity index (χ0n) is 9.83. The van der Waals surface area contributed by atoms with Crippen LogP contribution in [0.4, 0.5) is 0 Å². The van der Waals surface area contributed by atoms with Gasteiger partial charge in [0.1, 0.15) is 0 Å². The van der Waals surface area contributed by atoms with Crippen LogP contribution in [0.5, 0.6) is 0 Å². The normalized spacial score (nSPS) is 13.9. The Bertz CT molecular complexity index is 385. The Kier molecular flexibility index (Phi) is 3.78. The van der Waals surface area contributed by atoms with Crippen LogP contribution in [0, 0.1) is 0 Å². The summed E-state index contributed by atoms with van der Waals surface area (Å²) in [7, 11) is 0. The van der Waals surface area contributed by atoms with Gasteiger partial charge in [0, 0.05) is 0 Å². The Morgan fingerprint density at radius 3 is 2.19 bits per heavy atom. The molecule has 3 nitrogen and oxygen atoms in total. The van der Waals surface area contributed by atoms with Gasteiger partial charge in [0.25, 0.3) is 0 Å². The second-order valence-electron chi connectivity index (χ2n) is 5.25. The van der Waals surface area contributed by atoms with Crippen molar-refractivity contribution < 1.29 is 4.79 Å². The first kappa shape index (κ1) is 13.6. The number of benzene rings is 1. The number of nitrogens with one attached hydrogen (secondary N) is 1. The summed E-state index contributed by atoms with van der Waals surface area (Å²) in [6.07, 6.45) is 1.01. The number of rotatable bonds is 3. The Morgan fingerprint density at radius 2 is 1.81 bits per heavy atom. The second-order valence-corrected chi connectivity index (χ2v) is 19.3. The van der Waals surface area contributed by atoms with E-state index >= 15 is 0 Å². The van der Waals surface area contributed by atoms with E-state index in [0.717, 1.165) is 6.16 Å². The van der Waals surface area contributed by atoms with Gasteiger partial charge in [-0.25, -0.2) is 0 Å². The first-order valence-electron chi connectivity index (χ1n) is 4.99. The van der Waals surface area contributed by atoms with Crippen molar-refractivity contribution in [1.82, 2.24) is 5.43 Å². The van der Waals surface area contributed by atoms with Crippen molar-refractivity contribution in [3.8, 4) is 0 Å². The van der Waals surface area contributed by atoms with Crippen LogP contribution >= 0.6 is 20.8 Å². The fourth-order valence-electron chi connectivity index (χ4n) is 1.46. The molecule has 0 aliphatic rings. The molecule has 0 heterocycles. The molecule has 0 atom stereocenters. The third-order valence-electron chi connectivity index (χ3n) is 2.06. The van der Waals surface area contributed by atoms with E-state index in [1.54, 1.807) is 12.1 Å². The van der Waals surface area contributed by atoms with Gasteiger partial charge in [0.2, 0.25) is 0 Å². The molecule has 0 radical (unpaired) electrons. The van der Waals surface area contributed by atoms with Gasteiger partial charge in [-0.2, -0.15) is 0 Å². The van der Waals surface area contributed by atoms with Crippen LogP contribution in [-0.2, 0) is 6.16 Å². The van der Waals surface area contributed by atoms with E-state index in [1.807, 2.05) is 12.1 Å². The monoisotopic (exact) mass is 304 g/mol. The van der Waals surface area contributed by atoms with Crippen molar-refractivity contribution in [1.29, 1.82) is 0 Å². The van der Waals surface area contributed by atoms with Crippen molar-refractivity contribution >= 4 is 26.7 Å². The number of carbonyl (C=O) groups is 1. The standard InChI is InChI=1S/C11H18BrN2OP/c1-16(2,3,12)8-9-4-6-10(7-5-9)11(15)14-13/h4-7H,8,13H2,1-3H3,(H,14,15). The molecule has 0 saturated carbocycles. The van der Waals surface area contributed by atoms with E-state index in [1.165, 1.54) is 5.56 Å². The van der Waals surface area contributed by atoms with Gasteiger partial charge in [-0.05, 0) is 0 Å². The van der Waals surface area contributed by atoms with Crippen LogP contribution in [0.15, 0.2) is 24.3 Å². The number of nitrogens with two attached hydrogens (primary N) is 1. The molecular weight excluding hydrogens is 287 g/mol. The summed E-state index contributed by atoms with van der Waals surface area (Å²) in [6, 6.07) is 7.55. The molecule has 16 heavy (non-hydrogen) atoms. The molecule has 1 amide bonds. The van der Waals surface area contributed by atoms with E-state index in [2.05, 4.69) is 40.9 Å². The molecule has 1 rings (SSSR count). The van der Waals surface area contributed by atoms with Crippen molar-refractivity contribution in [2.24, 2.45) is 5.84 Å². The number of hydrazine groups is 1. The number of amides is 1. The third-order valence-corrected chi connectivity index (χ3v) is 4.25. The van der Waals surface area contributed by atoms with E-state index < -0.39 is 5.31 Å². The van der Waals surface area contributed by atoms with Gasteiger partial charge in [-0.15, -0.1) is 0 Å². The van der Waals surface area contributed by atoms with E-state index in [-0.39, 0.29) is 5.91 Å². The van der Waals surface area contributed by atoms with Gasteiger partial charge < -0.3 is 0 Å². The van der Waals surface area contributed by atoms with E-state index in [0.29, 0.717) is 5.56 Å². The van der Waals surface area contributed by atoms with Crippen LogP contribution in [-0.4, -0.2) is 25.9 Å². The number of halogens is 1. The van der Waals surface area contributed by atoms with Gasteiger partial charge in [0.05, 0.1) is 0 Å². The molecule has 1 aromatic carbocycles. The summed E-state index contributed by atoms with van der Waals surface area (Å²) in [4.78, 5) is 11.2. The summed E-state index contributed by atoms with van der Waals surface area (Å²) in [5.41, 5.74) is 3.94. The molecule has 0 aliphatic heterocycles. The topological polar surface area (TPSA) is 55.1 Å². The van der Waals surface area contributed by atoms with Gasteiger partial charge in [-0.1, -0.05) is 0 Å². The zero-order chi connectivity index (χ0) is 12.4. The minimum atomic E-state index is -1.72. The Balaban J connectivity index is 2.85. The van der Waals surface area contributed by atoms with Crippen LogP contribution in [0.3, 0.4) is 0 Å². The number of carbonyl (C=O) groups excluding carboxylic acids is 1. The van der Waals surface area contributed by atoms with Crippen LogP contribution in [0.1, 0.15) is 15.9 Å². The molecule has 0 bridgehead atoms. The Labute approximate surface area is 104 Å². The molecule has 5 heteroatoms. The number of hydrogen-bond donors (Lipinski definition) is 2.